The number of cyclic esters (lactones) is 1. The standard InChI is InChI=1S/C11H17NO4/c1-8(2)9-7-16-11(14)12(9)6-4-5-10(13)15-3/h4-5,8-9H,6-7H2,1-3H3/b5-4+/t9-/m1/s1. The van der Waals surface area contributed by atoms with E-state index in [4.69, 9.17) is 4.74 Å². The lowest BCUT2D eigenvalue weighted by Gasteiger charge is -2.22. The summed E-state index contributed by atoms with van der Waals surface area (Å²) >= 11 is 0. The summed E-state index contributed by atoms with van der Waals surface area (Å²) in [6.45, 7) is 4.85. The second-order valence-corrected chi connectivity index (χ2v) is 3.97. The molecule has 0 saturated carbocycles. The molecule has 0 spiro atoms. The maximum atomic E-state index is 11.4. The molecule has 0 unspecified atom stereocenters. The highest BCUT2D eigenvalue weighted by Gasteiger charge is 2.33. The first-order valence-corrected chi connectivity index (χ1v) is 5.24. The molecule has 1 rings (SSSR count). The smallest absolute Gasteiger partial charge is 0.410 e. The van der Waals surface area contributed by atoms with Crippen LogP contribution < -0.4 is 0 Å². The minimum absolute atomic E-state index is 0.0785. The third-order valence-corrected chi connectivity index (χ3v) is 2.54. The predicted octanol–water partition coefficient (Wildman–Crippen LogP) is 1.19. The maximum absolute atomic E-state index is 11.4. The molecular weight excluding hydrogens is 210 g/mol. The van der Waals surface area contributed by atoms with Gasteiger partial charge in [0.1, 0.15) is 6.61 Å². The Kier molecular flexibility index (Phi) is 4.34. The Bertz CT molecular complexity index is 298. The third kappa shape index (κ3) is 2.98. The Morgan fingerprint density at radius 1 is 1.69 bits per heavy atom. The second kappa shape index (κ2) is 5.53. The van der Waals surface area contributed by atoms with Crippen LogP contribution in [0.4, 0.5) is 4.79 Å². The number of hydrogen-bond acceptors (Lipinski definition) is 4. The van der Waals surface area contributed by atoms with Crippen LogP contribution in [0.15, 0.2) is 12.2 Å². The van der Waals surface area contributed by atoms with Gasteiger partial charge in [-0.2, -0.15) is 0 Å². The molecule has 5 heteroatoms. The Hall–Kier alpha value is -1.52. The first-order valence-electron chi connectivity index (χ1n) is 5.24. The largest absolute Gasteiger partial charge is 0.466 e. The molecule has 90 valence electrons. The van der Waals surface area contributed by atoms with Crippen molar-refractivity contribution in [1.29, 1.82) is 0 Å². The molecule has 0 radical (unpaired) electrons. The van der Waals surface area contributed by atoms with E-state index in [1.165, 1.54) is 13.2 Å². The van der Waals surface area contributed by atoms with E-state index in [-0.39, 0.29) is 12.1 Å². The maximum Gasteiger partial charge on any atom is 0.410 e. The van der Waals surface area contributed by atoms with Gasteiger partial charge in [-0.1, -0.05) is 19.9 Å². The van der Waals surface area contributed by atoms with Gasteiger partial charge >= 0.3 is 12.1 Å². The summed E-state index contributed by atoms with van der Waals surface area (Å²) in [6.07, 6.45) is 2.59. The van der Waals surface area contributed by atoms with E-state index >= 15 is 0 Å². The molecule has 1 saturated heterocycles. The highest BCUT2D eigenvalue weighted by molar-refractivity contribution is 5.81. The fourth-order valence-electron chi connectivity index (χ4n) is 1.56. The number of amides is 1. The normalized spacial score (nSPS) is 20.6. The molecule has 1 heterocycles. The summed E-state index contributed by atoms with van der Waals surface area (Å²) in [5.74, 6) is -0.0911. The van der Waals surface area contributed by atoms with Gasteiger partial charge in [0.25, 0.3) is 0 Å². The van der Waals surface area contributed by atoms with Gasteiger partial charge in [0.15, 0.2) is 0 Å². The van der Waals surface area contributed by atoms with Crippen LogP contribution in [0.3, 0.4) is 0 Å². The molecule has 16 heavy (non-hydrogen) atoms. The van der Waals surface area contributed by atoms with Crippen molar-refractivity contribution in [3.63, 3.8) is 0 Å². The molecule has 0 aromatic heterocycles. The number of hydrogen-bond donors (Lipinski definition) is 0. The van der Waals surface area contributed by atoms with E-state index in [9.17, 15) is 9.59 Å². The van der Waals surface area contributed by atoms with Crippen LogP contribution in [-0.4, -0.2) is 43.3 Å². The Balaban J connectivity index is 2.54. The van der Waals surface area contributed by atoms with Crippen LogP contribution >= 0.6 is 0 Å². The molecule has 5 nitrogen and oxygen atoms in total. The first-order chi connectivity index (χ1) is 7.56. The molecule has 1 fully saturated rings. The molecule has 1 aliphatic rings. The summed E-state index contributed by atoms with van der Waals surface area (Å²) in [6, 6.07) is 0.0785. The summed E-state index contributed by atoms with van der Waals surface area (Å²) in [4.78, 5) is 23.8. The minimum atomic E-state index is -0.423. The van der Waals surface area contributed by atoms with Crippen molar-refractivity contribution in [2.45, 2.75) is 19.9 Å². The Morgan fingerprint density at radius 3 is 2.94 bits per heavy atom. The Morgan fingerprint density at radius 2 is 2.38 bits per heavy atom. The lowest BCUT2D eigenvalue weighted by atomic mass is 10.0. The van der Waals surface area contributed by atoms with Crippen molar-refractivity contribution in [1.82, 2.24) is 4.90 Å². The second-order valence-electron chi connectivity index (χ2n) is 3.97. The number of methoxy groups -OCH3 is 1. The summed E-state index contributed by atoms with van der Waals surface area (Å²) in [7, 11) is 1.31. The van der Waals surface area contributed by atoms with Gasteiger partial charge < -0.3 is 9.47 Å². The molecule has 0 aromatic rings. The van der Waals surface area contributed by atoms with Crippen LogP contribution in [-0.2, 0) is 14.3 Å². The summed E-state index contributed by atoms with van der Waals surface area (Å²) < 4.78 is 9.42. The van der Waals surface area contributed by atoms with Gasteiger partial charge in [0.05, 0.1) is 13.2 Å². The van der Waals surface area contributed by atoms with Crippen LogP contribution in [0.2, 0.25) is 0 Å². The third-order valence-electron chi connectivity index (χ3n) is 2.54. The number of nitrogens with zero attached hydrogens (tertiary/aromatic N) is 1. The predicted molar refractivity (Wildman–Crippen MR) is 57.8 cm³/mol. The van der Waals surface area contributed by atoms with Crippen molar-refractivity contribution in [2.75, 3.05) is 20.3 Å². The van der Waals surface area contributed by atoms with Crippen molar-refractivity contribution in [3.8, 4) is 0 Å². The van der Waals surface area contributed by atoms with Gasteiger partial charge in [-0.15, -0.1) is 0 Å². The van der Waals surface area contributed by atoms with Gasteiger partial charge in [0, 0.05) is 12.6 Å². The lowest BCUT2D eigenvalue weighted by molar-refractivity contribution is -0.134. The van der Waals surface area contributed by atoms with Crippen molar-refractivity contribution < 1.29 is 19.1 Å². The fourth-order valence-corrected chi connectivity index (χ4v) is 1.56. The average Bonchev–Trinajstić information content (AvgIpc) is 2.60. The molecular formula is C11H17NO4. The molecule has 1 aliphatic heterocycles. The van der Waals surface area contributed by atoms with Gasteiger partial charge in [-0.05, 0) is 5.92 Å². The summed E-state index contributed by atoms with van der Waals surface area (Å²) in [5, 5.41) is 0. The molecule has 1 atom stereocenters. The van der Waals surface area contributed by atoms with Crippen molar-refractivity contribution in [2.24, 2.45) is 5.92 Å². The minimum Gasteiger partial charge on any atom is -0.466 e. The van der Waals surface area contributed by atoms with Crippen molar-refractivity contribution >= 4 is 12.1 Å². The number of esters is 1. The van der Waals surface area contributed by atoms with E-state index in [1.54, 1.807) is 11.0 Å². The quantitative estimate of drug-likeness (QED) is 0.534. The summed E-state index contributed by atoms with van der Waals surface area (Å²) in [5.41, 5.74) is 0. The SMILES string of the molecule is COC(=O)/C=C/CN1C(=O)OC[C@@H]1C(C)C. The van der Waals surface area contributed by atoms with Crippen LogP contribution in [0.5, 0.6) is 0 Å². The Labute approximate surface area is 95.0 Å². The average molecular weight is 227 g/mol. The number of carbonyl (C=O) groups is 2. The monoisotopic (exact) mass is 227 g/mol. The van der Waals surface area contributed by atoms with Crippen LogP contribution in [0, 0.1) is 5.92 Å². The van der Waals surface area contributed by atoms with Crippen molar-refractivity contribution in [3.05, 3.63) is 12.2 Å². The van der Waals surface area contributed by atoms with Crippen LogP contribution in [0.1, 0.15) is 13.8 Å². The fraction of sp³-hybridized carbons (Fsp3) is 0.636. The zero-order valence-electron chi connectivity index (χ0n) is 9.80. The van der Waals surface area contributed by atoms with E-state index < -0.39 is 5.97 Å². The lowest BCUT2D eigenvalue weighted by Crippen LogP contribution is -2.37. The zero-order chi connectivity index (χ0) is 12.1. The van der Waals surface area contributed by atoms with Gasteiger partial charge in [-0.3, -0.25) is 4.90 Å². The number of ether oxygens (including phenoxy) is 2. The molecule has 0 N–H and O–H groups in total. The first kappa shape index (κ1) is 12.5. The van der Waals surface area contributed by atoms with Gasteiger partial charge in [-0.25, -0.2) is 9.59 Å². The van der Waals surface area contributed by atoms with Crippen LogP contribution in [0.25, 0.3) is 0 Å². The van der Waals surface area contributed by atoms with E-state index in [0.29, 0.717) is 19.1 Å². The number of rotatable bonds is 4. The highest BCUT2D eigenvalue weighted by atomic mass is 16.6. The molecule has 0 aliphatic carbocycles. The molecule has 0 bridgehead atoms. The van der Waals surface area contributed by atoms with E-state index in [1.807, 2.05) is 13.8 Å². The number of carbonyl (C=O) groups excluding carboxylic acids is 2. The molecule has 0 aromatic carbocycles. The highest BCUT2D eigenvalue weighted by Crippen LogP contribution is 2.18. The van der Waals surface area contributed by atoms with E-state index in [2.05, 4.69) is 4.74 Å². The van der Waals surface area contributed by atoms with E-state index in [0.717, 1.165) is 0 Å². The molecule has 1 amide bonds. The van der Waals surface area contributed by atoms with Gasteiger partial charge in [0.2, 0.25) is 0 Å². The topological polar surface area (TPSA) is 55.8 Å². The zero-order valence-corrected chi connectivity index (χ0v) is 9.80.